The molecule has 1 N–H and O–H groups in total. The number of rotatable bonds is 0. The van der Waals surface area contributed by atoms with Crippen molar-refractivity contribution in [2.45, 2.75) is 12.8 Å². The summed E-state index contributed by atoms with van der Waals surface area (Å²) in [7, 11) is 2.13. The van der Waals surface area contributed by atoms with Crippen molar-refractivity contribution in [3.05, 3.63) is 47.8 Å². The fraction of sp³-hybridized carbons (Fsp3) is 0.231. The van der Waals surface area contributed by atoms with Gasteiger partial charge in [-0.2, -0.15) is 0 Å². The molecule has 76 valence electrons. The summed E-state index contributed by atoms with van der Waals surface area (Å²) in [5, 5.41) is 3.52. The maximum absolute atomic E-state index is 3.52. The largest absolute Gasteiger partial charge is 0.355 e. The first kappa shape index (κ1) is 8.60. The van der Waals surface area contributed by atoms with E-state index in [0.29, 0.717) is 0 Å². The number of hydrogen-bond acceptors (Lipinski definition) is 2. The molecule has 3 rings (SSSR count). The minimum Gasteiger partial charge on any atom is -0.355 e. The molecule has 0 amide bonds. The number of allylic oxidation sites excluding steroid dienone is 3. The Balaban J connectivity index is 2.11. The number of nitrogens with zero attached hydrogens (tertiary/aromatic N) is 1. The van der Waals surface area contributed by atoms with Crippen LogP contribution in [-0.4, -0.2) is 7.05 Å². The fourth-order valence-electron chi connectivity index (χ4n) is 2.26. The monoisotopic (exact) mass is 198 g/mol. The van der Waals surface area contributed by atoms with Crippen LogP contribution in [0.15, 0.2) is 47.8 Å². The molecule has 0 radical (unpaired) electrons. The molecule has 0 bridgehead atoms. The third kappa shape index (κ3) is 1.25. The van der Waals surface area contributed by atoms with Gasteiger partial charge in [0.25, 0.3) is 0 Å². The van der Waals surface area contributed by atoms with Crippen LogP contribution in [0.3, 0.4) is 0 Å². The average molecular weight is 198 g/mol. The molecule has 0 spiro atoms. The van der Waals surface area contributed by atoms with Crippen LogP contribution in [0.25, 0.3) is 0 Å². The van der Waals surface area contributed by atoms with Gasteiger partial charge in [0.2, 0.25) is 0 Å². The van der Waals surface area contributed by atoms with E-state index in [1.807, 2.05) is 0 Å². The van der Waals surface area contributed by atoms with E-state index in [9.17, 15) is 0 Å². The van der Waals surface area contributed by atoms with Crippen LogP contribution in [0, 0.1) is 0 Å². The topological polar surface area (TPSA) is 15.3 Å². The van der Waals surface area contributed by atoms with Crippen LogP contribution in [0.2, 0.25) is 0 Å². The number of para-hydroxylation sites is 2. The lowest BCUT2D eigenvalue weighted by molar-refractivity contribution is 0.905. The molecule has 1 aromatic carbocycles. The molecule has 2 aliphatic rings. The van der Waals surface area contributed by atoms with Crippen LogP contribution in [0.4, 0.5) is 11.4 Å². The summed E-state index contributed by atoms with van der Waals surface area (Å²) >= 11 is 0. The van der Waals surface area contributed by atoms with Crippen molar-refractivity contribution in [1.29, 1.82) is 0 Å². The lowest BCUT2D eigenvalue weighted by atomic mass is 10.0. The van der Waals surface area contributed by atoms with Crippen molar-refractivity contribution >= 4 is 11.4 Å². The highest BCUT2D eigenvalue weighted by atomic mass is 15.2. The van der Waals surface area contributed by atoms with Crippen LogP contribution in [0.1, 0.15) is 12.8 Å². The van der Waals surface area contributed by atoms with Gasteiger partial charge in [0.15, 0.2) is 0 Å². The summed E-state index contributed by atoms with van der Waals surface area (Å²) in [6.45, 7) is 0. The summed E-state index contributed by atoms with van der Waals surface area (Å²) in [6.07, 6.45) is 6.71. The Morgan fingerprint density at radius 2 is 2.13 bits per heavy atom. The molecule has 2 nitrogen and oxygen atoms in total. The molecular formula is C13H14N2. The zero-order chi connectivity index (χ0) is 10.3. The normalized spacial score (nSPS) is 18.3. The second-order valence-electron chi connectivity index (χ2n) is 4.01. The Kier molecular flexibility index (Phi) is 1.81. The molecule has 0 unspecified atom stereocenters. The van der Waals surface area contributed by atoms with E-state index < -0.39 is 0 Å². The highest BCUT2D eigenvalue weighted by Gasteiger charge is 2.21. The van der Waals surface area contributed by atoms with Crippen molar-refractivity contribution in [2.24, 2.45) is 0 Å². The van der Waals surface area contributed by atoms with E-state index >= 15 is 0 Å². The molecule has 1 aliphatic carbocycles. The van der Waals surface area contributed by atoms with Crippen molar-refractivity contribution in [3.63, 3.8) is 0 Å². The van der Waals surface area contributed by atoms with Crippen molar-refractivity contribution < 1.29 is 0 Å². The maximum Gasteiger partial charge on any atom is 0.0647 e. The van der Waals surface area contributed by atoms with Gasteiger partial charge < -0.3 is 10.2 Å². The highest BCUT2D eigenvalue weighted by Crippen LogP contribution is 2.36. The highest BCUT2D eigenvalue weighted by molar-refractivity contribution is 5.78. The van der Waals surface area contributed by atoms with Gasteiger partial charge in [-0.15, -0.1) is 0 Å². The van der Waals surface area contributed by atoms with Crippen LogP contribution in [0.5, 0.6) is 0 Å². The molecular weight excluding hydrogens is 184 g/mol. The number of fused-ring (bicyclic) bond motifs is 1. The molecule has 0 fully saturated rings. The molecule has 0 atom stereocenters. The van der Waals surface area contributed by atoms with Gasteiger partial charge in [-0.05, 0) is 31.1 Å². The second-order valence-corrected chi connectivity index (χ2v) is 4.01. The summed E-state index contributed by atoms with van der Waals surface area (Å²) in [6, 6.07) is 8.43. The Morgan fingerprint density at radius 3 is 3.07 bits per heavy atom. The number of benzene rings is 1. The summed E-state index contributed by atoms with van der Waals surface area (Å²) < 4.78 is 0. The van der Waals surface area contributed by atoms with E-state index in [1.165, 1.54) is 22.8 Å². The summed E-state index contributed by atoms with van der Waals surface area (Å²) in [5.41, 5.74) is 5.12. The van der Waals surface area contributed by atoms with Gasteiger partial charge >= 0.3 is 0 Å². The minimum absolute atomic E-state index is 1.12. The van der Waals surface area contributed by atoms with E-state index in [2.05, 4.69) is 53.7 Å². The van der Waals surface area contributed by atoms with Crippen LogP contribution in [-0.2, 0) is 0 Å². The molecule has 15 heavy (non-hydrogen) atoms. The van der Waals surface area contributed by atoms with Crippen LogP contribution >= 0.6 is 0 Å². The predicted molar refractivity (Wildman–Crippen MR) is 63.9 cm³/mol. The number of anilines is 2. The Morgan fingerprint density at radius 1 is 1.27 bits per heavy atom. The molecule has 1 aromatic rings. The standard InChI is InChI=1S/C13H14N2/c1-15-12-8-4-2-6-10(12)14-11-7-3-5-9-13(11)15/h2,4-6,8-9,14H,3,7H2,1H3. The minimum atomic E-state index is 1.12. The van der Waals surface area contributed by atoms with Gasteiger partial charge in [0.1, 0.15) is 0 Å². The molecule has 0 saturated heterocycles. The molecule has 0 saturated carbocycles. The zero-order valence-electron chi connectivity index (χ0n) is 8.83. The molecule has 1 heterocycles. The smallest absolute Gasteiger partial charge is 0.0647 e. The predicted octanol–water partition coefficient (Wildman–Crippen LogP) is 3.11. The van der Waals surface area contributed by atoms with E-state index in [4.69, 9.17) is 0 Å². The molecule has 0 aromatic heterocycles. The number of hydrogen-bond donors (Lipinski definition) is 1. The van der Waals surface area contributed by atoms with Gasteiger partial charge in [-0.3, -0.25) is 0 Å². The summed E-state index contributed by atoms with van der Waals surface area (Å²) in [4.78, 5) is 2.26. The number of likely N-dealkylation sites (N-methyl/N-ethyl adjacent to an activating group) is 1. The fourth-order valence-corrected chi connectivity index (χ4v) is 2.26. The Hall–Kier alpha value is -1.70. The Labute approximate surface area is 89.9 Å². The van der Waals surface area contributed by atoms with Gasteiger partial charge in [0.05, 0.1) is 17.1 Å². The maximum atomic E-state index is 3.52. The van der Waals surface area contributed by atoms with E-state index in [-0.39, 0.29) is 0 Å². The quantitative estimate of drug-likeness (QED) is 0.689. The second kappa shape index (κ2) is 3.16. The summed E-state index contributed by atoms with van der Waals surface area (Å²) in [5.74, 6) is 0. The van der Waals surface area contributed by atoms with Gasteiger partial charge in [-0.25, -0.2) is 0 Å². The van der Waals surface area contributed by atoms with Crippen LogP contribution < -0.4 is 10.2 Å². The van der Waals surface area contributed by atoms with Gasteiger partial charge in [-0.1, -0.05) is 18.2 Å². The first-order chi connectivity index (χ1) is 7.36. The lowest BCUT2D eigenvalue weighted by Gasteiger charge is -2.33. The van der Waals surface area contributed by atoms with Crippen molar-refractivity contribution in [1.82, 2.24) is 0 Å². The number of nitrogens with one attached hydrogen (secondary N) is 1. The third-order valence-electron chi connectivity index (χ3n) is 3.06. The average Bonchev–Trinajstić information content (AvgIpc) is 2.30. The zero-order valence-corrected chi connectivity index (χ0v) is 8.83. The van der Waals surface area contributed by atoms with Crippen molar-refractivity contribution in [2.75, 3.05) is 17.3 Å². The molecule has 1 aliphatic heterocycles. The van der Waals surface area contributed by atoms with Crippen molar-refractivity contribution in [3.8, 4) is 0 Å². The van der Waals surface area contributed by atoms with Gasteiger partial charge in [0, 0.05) is 12.7 Å². The lowest BCUT2D eigenvalue weighted by Crippen LogP contribution is -2.26. The first-order valence-electron chi connectivity index (χ1n) is 5.36. The third-order valence-corrected chi connectivity index (χ3v) is 3.06. The molecule has 2 heteroatoms. The SMILES string of the molecule is CN1C2=C(CCC=C2)Nc2ccccc21. The van der Waals surface area contributed by atoms with E-state index in [1.54, 1.807) is 0 Å². The Bertz CT molecular complexity index is 457. The first-order valence-corrected chi connectivity index (χ1v) is 5.36. The van der Waals surface area contributed by atoms with E-state index in [0.717, 1.165) is 12.8 Å².